The lowest BCUT2D eigenvalue weighted by molar-refractivity contribution is -0.150. The average molecular weight is 526 g/mol. The van der Waals surface area contributed by atoms with Crippen LogP contribution in [0.15, 0.2) is 41.6 Å². The van der Waals surface area contributed by atoms with E-state index in [0.717, 1.165) is 54.3 Å². The first-order chi connectivity index (χ1) is 18.2. The van der Waals surface area contributed by atoms with Crippen LogP contribution < -0.4 is 9.47 Å². The molecule has 2 saturated heterocycles. The molecule has 2 fully saturated rings. The van der Waals surface area contributed by atoms with Crippen LogP contribution in [0.1, 0.15) is 45.6 Å². The number of rotatable bonds is 8. The standard InChI is InChI=1S/C29H36FN3O5/c1-4-36-24-14-20(6-8-22(24)23-9-7-21(30)15-25(23)37-5-2)17-32-18-29(19-32)16-26(31-38-29)33-12-10-28(3,11-13-33)27(34)35/h6-9,14-15H,4-5,10-13,16-19H2,1-3H3,(H,34,35). The minimum atomic E-state index is -0.721. The van der Waals surface area contributed by atoms with Crippen LogP contribution in [0.3, 0.4) is 0 Å². The fourth-order valence-electron chi connectivity index (χ4n) is 5.61. The van der Waals surface area contributed by atoms with E-state index in [-0.39, 0.29) is 11.4 Å². The Morgan fingerprint density at radius 2 is 1.68 bits per heavy atom. The monoisotopic (exact) mass is 525 g/mol. The highest BCUT2D eigenvalue weighted by Gasteiger charge is 2.51. The maximum absolute atomic E-state index is 13.8. The third kappa shape index (κ3) is 5.16. The number of carboxylic acid groups (broad SMARTS) is 1. The number of ether oxygens (including phenoxy) is 2. The Morgan fingerprint density at radius 1 is 1.05 bits per heavy atom. The lowest BCUT2D eigenvalue weighted by atomic mass is 9.80. The van der Waals surface area contributed by atoms with Gasteiger partial charge in [-0.15, -0.1) is 0 Å². The highest BCUT2D eigenvalue weighted by molar-refractivity contribution is 5.85. The molecule has 0 amide bonds. The molecule has 0 radical (unpaired) electrons. The lowest BCUT2D eigenvalue weighted by Gasteiger charge is -2.45. The van der Waals surface area contributed by atoms with Crippen molar-refractivity contribution < 1.29 is 28.6 Å². The van der Waals surface area contributed by atoms with Gasteiger partial charge in [0.25, 0.3) is 0 Å². The summed E-state index contributed by atoms with van der Waals surface area (Å²) in [5.41, 5.74) is 1.84. The Morgan fingerprint density at radius 3 is 2.32 bits per heavy atom. The fourth-order valence-corrected chi connectivity index (χ4v) is 5.61. The third-order valence-electron chi connectivity index (χ3n) is 7.88. The van der Waals surface area contributed by atoms with Gasteiger partial charge in [0.1, 0.15) is 23.2 Å². The summed E-state index contributed by atoms with van der Waals surface area (Å²) in [6.45, 7) is 10.3. The van der Waals surface area contributed by atoms with Gasteiger partial charge < -0.3 is 24.3 Å². The molecule has 8 nitrogen and oxygen atoms in total. The number of carbonyl (C=O) groups is 1. The number of nitrogens with zero attached hydrogens (tertiary/aromatic N) is 3. The van der Waals surface area contributed by atoms with Crippen LogP contribution in [0.25, 0.3) is 11.1 Å². The predicted octanol–water partition coefficient (Wildman–Crippen LogP) is 4.77. The summed E-state index contributed by atoms with van der Waals surface area (Å²) in [6.07, 6.45) is 1.98. The number of hydrogen-bond acceptors (Lipinski definition) is 7. The Bertz CT molecular complexity index is 1220. The molecule has 3 aliphatic heterocycles. The van der Waals surface area contributed by atoms with E-state index in [1.807, 2.05) is 32.9 Å². The van der Waals surface area contributed by atoms with E-state index in [9.17, 15) is 14.3 Å². The Kier molecular flexibility index (Phi) is 7.22. The van der Waals surface area contributed by atoms with Crippen LogP contribution in [0, 0.1) is 11.2 Å². The molecular formula is C29H36FN3O5. The number of carboxylic acids is 1. The van der Waals surface area contributed by atoms with Crippen molar-refractivity contribution in [1.29, 1.82) is 0 Å². The van der Waals surface area contributed by atoms with E-state index in [2.05, 4.69) is 21.0 Å². The summed E-state index contributed by atoms with van der Waals surface area (Å²) in [6, 6.07) is 10.7. The van der Waals surface area contributed by atoms with E-state index < -0.39 is 11.4 Å². The maximum atomic E-state index is 13.8. The molecule has 5 rings (SSSR count). The minimum absolute atomic E-state index is 0.300. The van der Waals surface area contributed by atoms with Crippen LogP contribution in [0.4, 0.5) is 4.39 Å². The Hall–Kier alpha value is -3.33. The van der Waals surface area contributed by atoms with Gasteiger partial charge >= 0.3 is 5.97 Å². The van der Waals surface area contributed by atoms with Gasteiger partial charge in [-0.2, -0.15) is 0 Å². The molecule has 0 aromatic heterocycles. The summed E-state index contributed by atoms with van der Waals surface area (Å²) in [7, 11) is 0. The number of halogens is 1. The summed E-state index contributed by atoms with van der Waals surface area (Å²) in [5.74, 6) is 1.12. The summed E-state index contributed by atoms with van der Waals surface area (Å²) in [5, 5.41) is 13.9. The topological polar surface area (TPSA) is 83.8 Å². The van der Waals surface area contributed by atoms with Gasteiger partial charge in [0.05, 0.1) is 25.0 Å². The van der Waals surface area contributed by atoms with E-state index in [1.54, 1.807) is 6.07 Å². The van der Waals surface area contributed by atoms with Crippen molar-refractivity contribution in [2.75, 3.05) is 39.4 Å². The molecule has 2 aromatic carbocycles. The van der Waals surface area contributed by atoms with Gasteiger partial charge in [-0.3, -0.25) is 9.69 Å². The van der Waals surface area contributed by atoms with Crippen LogP contribution in [0.2, 0.25) is 0 Å². The highest BCUT2D eigenvalue weighted by atomic mass is 19.1. The van der Waals surface area contributed by atoms with Gasteiger partial charge in [0.15, 0.2) is 5.60 Å². The average Bonchev–Trinajstić information content (AvgIpc) is 3.31. The quantitative estimate of drug-likeness (QED) is 0.532. The Labute approximate surface area is 223 Å². The summed E-state index contributed by atoms with van der Waals surface area (Å²) in [4.78, 5) is 22.0. The van der Waals surface area contributed by atoms with Crippen LogP contribution in [-0.2, 0) is 16.2 Å². The molecule has 0 bridgehead atoms. The fraction of sp³-hybridized carbons (Fsp3) is 0.517. The van der Waals surface area contributed by atoms with Crippen molar-refractivity contribution >= 4 is 11.8 Å². The zero-order chi connectivity index (χ0) is 26.9. The molecule has 1 N–H and O–H groups in total. The molecule has 3 heterocycles. The Balaban J connectivity index is 1.20. The SMILES string of the molecule is CCOc1cc(F)ccc1-c1ccc(CN2CC3(CC(N4CCC(C)(C(=O)O)CC4)=NO3)C2)cc1OCC. The normalized spacial score (nSPS) is 20.0. The molecule has 38 heavy (non-hydrogen) atoms. The maximum Gasteiger partial charge on any atom is 0.309 e. The molecular weight excluding hydrogens is 489 g/mol. The number of piperidine rings is 1. The van der Waals surface area contributed by atoms with Crippen LogP contribution >= 0.6 is 0 Å². The van der Waals surface area contributed by atoms with Gasteiger partial charge in [0, 0.05) is 49.9 Å². The van der Waals surface area contributed by atoms with Crippen LogP contribution in [-0.4, -0.2) is 71.7 Å². The van der Waals surface area contributed by atoms with E-state index in [0.29, 0.717) is 44.9 Å². The number of likely N-dealkylation sites (tertiary alicyclic amines) is 2. The number of oxime groups is 1. The number of aliphatic carboxylic acids is 1. The van der Waals surface area contributed by atoms with Crippen molar-refractivity contribution in [3.8, 4) is 22.6 Å². The van der Waals surface area contributed by atoms with Crippen molar-refractivity contribution in [3.63, 3.8) is 0 Å². The molecule has 9 heteroatoms. The lowest BCUT2D eigenvalue weighted by Crippen LogP contribution is -2.61. The molecule has 0 unspecified atom stereocenters. The summed E-state index contributed by atoms with van der Waals surface area (Å²) >= 11 is 0. The third-order valence-corrected chi connectivity index (χ3v) is 7.88. The van der Waals surface area contributed by atoms with Crippen molar-refractivity contribution in [1.82, 2.24) is 9.80 Å². The second-order valence-electron chi connectivity index (χ2n) is 10.8. The van der Waals surface area contributed by atoms with Crippen molar-refractivity contribution in [2.45, 2.75) is 52.2 Å². The molecule has 3 aliphatic rings. The molecule has 204 valence electrons. The first kappa shape index (κ1) is 26.3. The first-order valence-electron chi connectivity index (χ1n) is 13.4. The number of benzene rings is 2. The highest BCUT2D eigenvalue weighted by Crippen LogP contribution is 2.40. The molecule has 0 saturated carbocycles. The second kappa shape index (κ2) is 10.4. The summed E-state index contributed by atoms with van der Waals surface area (Å²) < 4.78 is 25.5. The zero-order valence-electron chi connectivity index (χ0n) is 22.3. The van der Waals surface area contributed by atoms with Gasteiger partial charge in [0.2, 0.25) is 0 Å². The number of hydrogen-bond donors (Lipinski definition) is 1. The van der Waals surface area contributed by atoms with Crippen molar-refractivity contribution in [3.05, 3.63) is 47.8 Å². The largest absolute Gasteiger partial charge is 0.493 e. The predicted molar refractivity (Wildman–Crippen MR) is 142 cm³/mol. The van der Waals surface area contributed by atoms with Crippen molar-refractivity contribution in [2.24, 2.45) is 10.6 Å². The smallest absolute Gasteiger partial charge is 0.309 e. The molecule has 0 aliphatic carbocycles. The zero-order valence-corrected chi connectivity index (χ0v) is 22.3. The van der Waals surface area contributed by atoms with Gasteiger partial charge in [-0.05, 0) is 57.4 Å². The van der Waals surface area contributed by atoms with E-state index in [1.165, 1.54) is 12.1 Å². The first-order valence-corrected chi connectivity index (χ1v) is 13.4. The number of amidine groups is 1. The van der Waals surface area contributed by atoms with E-state index in [4.69, 9.17) is 14.3 Å². The molecule has 1 spiro atoms. The minimum Gasteiger partial charge on any atom is -0.493 e. The molecule has 0 atom stereocenters. The van der Waals surface area contributed by atoms with E-state index >= 15 is 0 Å². The molecule has 2 aromatic rings. The van der Waals surface area contributed by atoms with Gasteiger partial charge in [-0.1, -0.05) is 17.3 Å². The van der Waals surface area contributed by atoms with Gasteiger partial charge in [-0.25, -0.2) is 4.39 Å². The second-order valence-corrected chi connectivity index (χ2v) is 10.8. The van der Waals surface area contributed by atoms with Crippen LogP contribution in [0.5, 0.6) is 11.5 Å².